The van der Waals surface area contributed by atoms with Crippen LogP contribution in [-0.4, -0.2) is 30.5 Å². The van der Waals surface area contributed by atoms with E-state index in [-0.39, 0.29) is 24.0 Å². The topological polar surface area (TPSA) is 53.6 Å². The van der Waals surface area contributed by atoms with E-state index >= 15 is 0 Å². The maximum absolute atomic E-state index is 5.93. The van der Waals surface area contributed by atoms with Crippen LogP contribution in [0.4, 0.5) is 0 Å². The molecule has 0 amide bonds. The van der Waals surface area contributed by atoms with Gasteiger partial charge in [-0.2, -0.15) is 0 Å². The van der Waals surface area contributed by atoms with Crippen molar-refractivity contribution in [2.75, 3.05) is 13.6 Å². The number of hydrogen-bond acceptors (Lipinski definition) is 2. The fraction of sp³-hybridized carbons (Fsp3) is 0.550. The van der Waals surface area contributed by atoms with E-state index in [4.69, 9.17) is 5.73 Å². The lowest BCUT2D eigenvalue weighted by Crippen LogP contribution is -2.33. The number of nitrogens with zero attached hydrogens (tertiary/aromatic N) is 2. The Labute approximate surface area is 170 Å². The van der Waals surface area contributed by atoms with Gasteiger partial charge in [-0.1, -0.05) is 55.7 Å². The predicted molar refractivity (Wildman–Crippen MR) is 118 cm³/mol. The SMILES string of the molecule is C=C(C)CNC(N)=NCc1ccccc1CN(C)C1CCCCC1.I. The van der Waals surface area contributed by atoms with Crippen LogP contribution in [0.25, 0.3) is 0 Å². The van der Waals surface area contributed by atoms with E-state index in [9.17, 15) is 0 Å². The highest BCUT2D eigenvalue weighted by Crippen LogP contribution is 2.23. The van der Waals surface area contributed by atoms with Gasteiger partial charge in [-0.25, -0.2) is 4.99 Å². The lowest BCUT2D eigenvalue weighted by Gasteiger charge is -2.31. The number of rotatable bonds is 7. The van der Waals surface area contributed by atoms with Crippen molar-refractivity contribution in [3.05, 3.63) is 47.5 Å². The van der Waals surface area contributed by atoms with E-state index in [1.165, 1.54) is 43.2 Å². The minimum absolute atomic E-state index is 0. The van der Waals surface area contributed by atoms with E-state index in [0.717, 1.165) is 18.2 Å². The van der Waals surface area contributed by atoms with Crippen LogP contribution in [0.3, 0.4) is 0 Å². The first-order valence-electron chi connectivity index (χ1n) is 9.01. The highest BCUT2D eigenvalue weighted by atomic mass is 127. The highest BCUT2D eigenvalue weighted by molar-refractivity contribution is 14.0. The Balaban J connectivity index is 0.00000312. The van der Waals surface area contributed by atoms with Gasteiger partial charge in [0.1, 0.15) is 0 Å². The molecule has 0 aliphatic heterocycles. The van der Waals surface area contributed by atoms with Gasteiger partial charge in [-0.3, -0.25) is 4.90 Å². The Hall–Kier alpha value is -1.08. The average molecular weight is 456 g/mol. The summed E-state index contributed by atoms with van der Waals surface area (Å²) in [7, 11) is 2.25. The van der Waals surface area contributed by atoms with Crippen LogP contribution in [0.2, 0.25) is 0 Å². The van der Waals surface area contributed by atoms with E-state index in [1.807, 2.05) is 6.92 Å². The van der Waals surface area contributed by atoms with Gasteiger partial charge in [0, 0.05) is 19.1 Å². The second kappa shape index (κ2) is 11.5. The zero-order valence-corrected chi connectivity index (χ0v) is 18.0. The molecule has 1 aromatic carbocycles. The molecule has 140 valence electrons. The summed E-state index contributed by atoms with van der Waals surface area (Å²) in [5, 5.41) is 3.08. The average Bonchev–Trinajstić information content (AvgIpc) is 2.60. The molecule has 25 heavy (non-hydrogen) atoms. The first kappa shape index (κ1) is 22.0. The molecule has 1 fully saturated rings. The van der Waals surface area contributed by atoms with Crippen LogP contribution in [0.1, 0.15) is 50.2 Å². The van der Waals surface area contributed by atoms with Gasteiger partial charge in [-0.05, 0) is 37.9 Å². The molecule has 0 spiro atoms. The minimum atomic E-state index is 0. The predicted octanol–water partition coefficient (Wildman–Crippen LogP) is 4.05. The molecule has 0 radical (unpaired) electrons. The molecule has 4 nitrogen and oxygen atoms in total. The number of aliphatic imine (C=N–C) groups is 1. The molecule has 1 saturated carbocycles. The lowest BCUT2D eigenvalue weighted by molar-refractivity contribution is 0.184. The number of guanidine groups is 1. The summed E-state index contributed by atoms with van der Waals surface area (Å²) >= 11 is 0. The molecule has 0 atom stereocenters. The van der Waals surface area contributed by atoms with Crippen LogP contribution in [0.15, 0.2) is 41.4 Å². The van der Waals surface area contributed by atoms with Gasteiger partial charge >= 0.3 is 0 Å². The van der Waals surface area contributed by atoms with Crippen LogP contribution in [0.5, 0.6) is 0 Å². The van der Waals surface area contributed by atoms with Crippen molar-refractivity contribution < 1.29 is 0 Å². The summed E-state index contributed by atoms with van der Waals surface area (Å²) in [6, 6.07) is 9.27. The van der Waals surface area contributed by atoms with E-state index in [2.05, 4.69) is 53.1 Å². The third-order valence-electron chi connectivity index (χ3n) is 4.73. The summed E-state index contributed by atoms with van der Waals surface area (Å²) in [5.74, 6) is 0.480. The fourth-order valence-corrected chi connectivity index (χ4v) is 3.25. The van der Waals surface area contributed by atoms with Crippen molar-refractivity contribution in [1.29, 1.82) is 0 Å². The summed E-state index contributed by atoms with van der Waals surface area (Å²) in [4.78, 5) is 6.97. The maximum atomic E-state index is 5.93. The quantitative estimate of drug-likeness (QED) is 0.282. The van der Waals surface area contributed by atoms with E-state index in [1.54, 1.807) is 0 Å². The largest absolute Gasteiger partial charge is 0.370 e. The van der Waals surface area contributed by atoms with Crippen molar-refractivity contribution in [3.8, 4) is 0 Å². The highest BCUT2D eigenvalue weighted by Gasteiger charge is 2.18. The Morgan fingerprint density at radius 1 is 1.24 bits per heavy atom. The normalized spacial score (nSPS) is 15.7. The van der Waals surface area contributed by atoms with Gasteiger partial charge in [0.25, 0.3) is 0 Å². The smallest absolute Gasteiger partial charge is 0.189 e. The number of benzene rings is 1. The standard InChI is InChI=1S/C20H32N4.HI/c1-16(2)13-22-20(21)23-14-17-9-7-8-10-18(17)15-24(3)19-11-5-4-6-12-19;/h7-10,19H,1,4-6,11-15H2,2-3H3,(H3,21,22,23);1H. The summed E-state index contributed by atoms with van der Waals surface area (Å²) in [6.07, 6.45) is 6.78. The Morgan fingerprint density at radius 3 is 2.52 bits per heavy atom. The first-order valence-corrected chi connectivity index (χ1v) is 9.01. The third kappa shape index (κ3) is 7.77. The summed E-state index contributed by atoms with van der Waals surface area (Å²) < 4.78 is 0. The van der Waals surface area contributed by atoms with E-state index in [0.29, 0.717) is 19.0 Å². The molecular formula is C20H33IN4. The van der Waals surface area contributed by atoms with Gasteiger partial charge < -0.3 is 11.1 Å². The first-order chi connectivity index (χ1) is 11.6. The molecule has 1 aliphatic carbocycles. The zero-order valence-electron chi connectivity index (χ0n) is 15.6. The minimum Gasteiger partial charge on any atom is -0.370 e. The molecule has 2 rings (SSSR count). The monoisotopic (exact) mass is 456 g/mol. The van der Waals surface area contributed by atoms with Crippen LogP contribution < -0.4 is 11.1 Å². The van der Waals surface area contributed by atoms with Crippen molar-refractivity contribution in [1.82, 2.24) is 10.2 Å². The van der Waals surface area contributed by atoms with Crippen LogP contribution in [0, 0.1) is 0 Å². The van der Waals surface area contributed by atoms with Crippen molar-refractivity contribution >= 4 is 29.9 Å². The lowest BCUT2D eigenvalue weighted by atomic mass is 9.94. The number of nitrogens with two attached hydrogens (primary N) is 1. The molecule has 1 aliphatic rings. The molecule has 5 heteroatoms. The van der Waals surface area contributed by atoms with Crippen molar-refractivity contribution in [3.63, 3.8) is 0 Å². The Morgan fingerprint density at radius 2 is 1.88 bits per heavy atom. The van der Waals surface area contributed by atoms with Gasteiger partial charge in [0.15, 0.2) is 5.96 Å². The Bertz CT molecular complexity index is 565. The fourth-order valence-electron chi connectivity index (χ4n) is 3.25. The maximum Gasteiger partial charge on any atom is 0.189 e. The molecule has 0 heterocycles. The number of hydrogen-bond donors (Lipinski definition) is 2. The van der Waals surface area contributed by atoms with Gasteiger partial charge in [0.2, 0.25) is 0 Å². The number of halogens is 1. The Kier molecular flexibility index (Phi) is 10.1. The van der Waals surface area contributed by atoms with Crippen molar-refractivity contribution in [2.45, 2.75) is 58.2 Å². The zero-order chi connectivity index (χ0) is 17.4. The molecule has 0 saturated heterocycles. The second-order valence-corrected chi connectivity index (χ2v) is 6.99. The van der Waals surface area contributed by atoms with Gasteiger partial charge in [0.05, 0.1) is 6.54 Å². The van der Waals surface area contributed by atoms with Gasteiger partial charge in [-0.15, -0.1) is 24.0 Å². The number of nitrogens with one attached hydrogen (secondary N) is 1. The second-order valence-electron chi connectivity index (χ2n) is 6.99. The summed E-state index contributed by atoms with van der Waals surface area (Å²) in [6.45, 7) is 8.09. The molecular weight excluding hydrogens is 423 g/mol. The van der Waals surface area contributed by atoms with E-state index < -0.39 is 0 Å². The molecule has 0 aromatic heterocycles. The molecule has 3 N–H and O–H groups in total. The van der Waals surface area contributed by atoms with Crippen LogP contribution >= 0.6 is 24.0 Å². The third-order valence-corrected chi connectivity index (χ3v) is 4.73. The summed E-state index contributed by atoms with van der Waals surface area (Å²) in [5.41, 5.74) is 9.57. The molecule has 1 aromatic rings. The molecule has 0 bridgehead atoms. The van der Waals surface area contributed by atoms with Crippen LogP contribution in [-0.2, 0) is 13.1 Å². The van der Waals surface area contributed by atoms with Crippen molar-refractivity contribution in [2.24, 2.45) is 10.7 Å². The molecule has 0 unspecified atom stereocenters.